The van der Waals surface area contributed by atoms with E-state index < -0.39 is 12.6 Å². The first-order valence-electron chi connectivity index (χ1n) is 5.03. The zero-order valence-corrected chi connectivity index (χ0v) is 8.11. The molecule has 3 N–H and O–H groups in total. The topological polar surface area (TPSA) is 38.0 Å². The molecule has 14 heavy (non-hydrogen) atoms. The molecule has 84 valence electrons. The number of hydrogen-bond acceptors (Lipinski definition) is 2. The molecule has 1 saturated carbocycles. The van der Waals surface area contributed by atoms with Crippen molar-refractivity contribution in [2.45, 2.75) is 37.9 Å². The first-order chi connectivity index (χ1) is 6.53. The van der Waals surface area contributed by atoms with Crippen LogP contribution in [0.25, 0.3) is 0 Å². The molecule has 0 aromatic carbocycles. The van der Waals surface area contributed by atoms with Crippen LogP contribution in [0, 0.1) is 5.92 Å². The Morgan fingerprint density at radius 1 is 1.29 bits per heavy atom. The average Bonchev–Trinajstić information content (AvgIpc) is 2.49. The maximum absolute atomic E-state index is 11.8. The van der Waals surface area contributed by atoms with Crippen molar-refractivity contribution in [2.24, 2.45) is 11.7 Å². The number of rotatable bonds is 4. The number of nitrogens with one attached hydrogen (secondary N) is 1. The lowest BCUT2D eigenvalue weighted by atomic mass is 10.0. The average molecular weight is 210 g/mol. The van der Waals surface area contributed by atoms with E-state index in [1.165, 1.54) is 0 Å². The SMILES string of the molecule is NCC1CCCC1NCCC(F)(F)F. The molecule has 0 spiro atoms. The maximum Gasteiger partial charge on any atom is 0.390 e. The quantitative estimate of drug-likeness (QED) is 0.740. The highest BCUT2D eigenvalue weighted by molar-refractivity contribution is 4.83. The van der Waals surface area contributed by atoms with Crippen LogP contribution in [0.3, 0.4) is 0 Å². The molecular weight excluding hydrogens is 193 g/mol. The highest BCUT2D eigenvalue weighted by atomic mass is 19.4. The summed E-state index contributed by atoms with van der Waals surface area (Å²) in [6.07, 6.45) is -1.73. The Bertz CT molecular complexity index is 170. The Morgan fingerprint density at radius 3 is 2.57 bits per heavy atom. The van der Waals surface area contributed by atoms with E-state index >= 15 is 0 Å². The van der Waals surface area contributed by atoms with Gasteiger partial charge in [0.05, 0.1) is 6.42 Å². The van der Waals surface area contributed by atoms with Gasteiger partial charge in [0.2, 0.25) is 0 Å². The van der Waals surface area contributed by atoms with Gasteiger partial charge in [-0.15, -0.1) is 0 Å². The summed E-state index contributed by atoms with van der Waals surface area (Å²) in [7, 11) is 0. The van der Waals surface area contributed by atoms with Gasteiger partial charge in [-0.1, -0.05) is 6.42 Å². The predicted octanol–water partition coefficient (Wildman–Crippen LogP) is 1.66. The second kappa shape index (κ2) is 4.98. The Balaban J connectivity index is 2.18. The predicted molar refractivity (Wildman–Crippen MR) is 48.9 cm³/mol. The van der Waals surface area contributed by atoms with Crippen molar-refractivity contribution in [1.82, 2.24) is 5.32 Å². The molecule has 0 amide bonds. The summed E-state index contributed by atoms with van der Waals surface area (Å²) in [6, 6.07) is 0.197. The summed E-state index contributed by atoms with van der Waals surface area (Å²) in [5.74, 6) is 0.364. The third kappa shape index (κ3) is 3.84. The monoisotopic (exact) mass is 210 g/mol. The van der Waals surface area contributed by atoms with Crippen LogP contribution >= 0.6 is 0 Å². The van der Waals surface area contributed by atoms with E-state index in [9.17, 15) is 13.2 Å². The number of halogens is 3. The zero-order valence-electron chi connectivity index (χ0n) is 8.11. The summed E-state index contributed by atoms with van der Waals surface area (Å²) in [5, 5.41) is 2.94. The van der Waals surface area contributed by atoms with E-state index in [1.54, 1.807) is 0 Å². The minimum absolute atomic E-state index is 0.0185. The molecule has 2 unspecified atom stereocenters. The molecule has 1 aliphatic carbocycles. The minimum atomic E-state index is -4.05. The third-order valence-corrected chi connectivity index (χ3v) is 2.78. The van der Waals surface area contributed by atoms with Gasteiger partial charge < -0.3 is 11.1 Å². The molecule has 0 bridgehead atoms. The zero-order chi connectivity index (χ0) is 10.6. The van der Waals surface area contributed by atoms with Crippen molar-refractivity contribution in [2.75, 3.05) is 13.1 Å². The minimum Gasteiger partial charge on any atom is -0.330 e. The number of alkyl halides is 3. The molecule has 1 rings (SSSR count). The van der Waals surface area contributed by atoms with Gasteiger partial charge in [0.25, 0.3) is 0 Å². The molecule has 0 saturated heterocycles. The Kier molecular flexibility index (Phi) is 4.19. The Hall–Kier alpha value is -0.290. The molecule has 5 heteroatoms. The largest absolute Gasteiger partial charge is 0.390 e. The molecule has 1 fully saturated rings. The van der Waals surface area contributed by atoms with Gasteiger partial charge in [-0.05, 0) is 25.3 Å². The third-order valence-electron chi connectivity index (χ3n) is 2.78. The lowest BCUT2D eigenvalue weighted by Crippen LogP contribution is -2.37. The van der Waals surface area contributed by atoms with Crippen LogP contribution in [0.5, 0.6) is 0 Å². The Labute approximate surface area is 82.0 Å². The first kappa shape index (κ1) is 11.8. The molecule has 0 radical (unpaired) electrons. The van der Waals surface area contributed by atoms with Crippen molar-refractivity contribution in [3.63, 3.8) is 0 Å². The lowest BCUT2D eigenvalue weighted by Gasteiger charge is -2.19. The van der Waals surface area contributed by atoms with Gasteiger partial charge in [0, 0.05) is 12.6 Å². The summed E-state index contributed by atoms with van der Waals surface area (Å²) >= 11 is 0. The second-order valence-electron chi connectivity index (χ2n) is 3.85. The standard InChI is InChI=1S/C9H17F3N2/c10-9(11,12)4-5-14-8-3-1-2-7(8)6-13/h7-8,14H,1-6,13H2. The van der Waals surface area contributed by atoms with Gasteiger partial charge in [0.15, 0.2) is 0 Å². The summed E-state index contributed by atoms with van der Waals surface area (Å²) < 4.78 is 35.5. The molecule has 0 heterocycles. The van der Waals surface area contributed by atoms with Crippen LogP contribution in [0.2, 0.25) is 0 Å². The van der Waals surface area contributed by atoms with E-state index in [1.807, 2.05) is 0 Å². The van der Waals surface area contributed by atoms with Crippen molar-refractivity contribution >= 4 is 0 Å². The summed E-state index contributed by atoms with van der Waals surface area (Å²) in [5.41, 5.74) is 5.52. The fourth-order valence-corrected chi connectivity index (χ4v) is 1.99. The van der Waals surface area contributed by atoms with Gasteiger partial charge in [0.1, 0.15) is 0 Å². The molecule has 2 atom stereocenters. The van der Waals surface area contributed by atoms with Crippen molar-refractivity contribution in [3.05, 3.63) is 0 Å². The van der Waals surface area contributed by atoms with Crippen LogP contribution < -0.4 is 11.1 Å². The highest BCUT2D eigenvalue weighted by Gasteiger charge is 2.29. The lowest BCUT2D eigenvalue weighted by molar-refractivity contribution is -0.133. The first-order valence-corrected chi connectivity index (χ1v) is 5.03. The maximum atomic E-state index is 11.8. The summed E-state index contributed by atoms with van der Waals surface area (Å²) in [6.45, 7) is 0.592. The van der Waals surface area contributed by atoms with Crippen molar-refractivity contribution in [1.29, 1.82) is 0 Å². The highest BCUT2D eigenvalue weighted by Crippen LogP contribution is 2.25. The molecule has 2 nitrogen and oxygen atoms in total. The fourth-order valence-electron chi connectivity index (χ4n) is 1.99. The van der Waals surface area contributed by atoms with E-state index in [4.69, 9.17) is 5.73 Å². The smallest absolute Gasteiger partial charge is 0.330 e. The molecule has 0 aromatic heterocycles. The van der Waals surface area contributed by atoms with E-state index in [0.717, 1.165) is 19.3 Å². The van der Waals surface area contributed by atoms with Crippen LogP contribution in [0.15, 0.2) is 0 Å². The number of nitrogens with two attached hydrogens (primary N) is 1. The van der Waals surface area contributed by atoms with Crippen LogP contribution in [0.1, 0.15) is 25.7 Å². The van der Waals surface area contributed by atoms with Crippen LogP contribution in [-0.2, 0) is 0 Å². The number of hydrogen-bond donors (Lipinski definition) is 2. The van der Waals surface area contributed by atoms with Gasteiger partial charge in [-0.3, -0.25) is 0 Å². The van der Waals surface area contributed by atoms with Crippen molar-refractivity contribution in [3.8, 4) is 0 Å². The normalized spacial score (nSPS) is 28.3. The van der Waals surface area contributed by atoms with E-state index in [0.29, 0.717) is 12.5 Å². The molecular formula is C9H17F3N2. The van der Waals surface area contributed by atoms with Crippen LogP contribution in [-0.4, -0.2) is 25.3 Å². The van der Waals surface area contributed by atoms with E-state index in [-0.39, 0.29) is 12.6 Å². The molecule has 0 aromatic rings. The Morgan fingerprint density at radius 2 is 2.00 bits per heavy atom. The summed E-state index contributed by atoms with van der Waals surface area (Å²) in [4.78, 5) is 0. The molecule has 1 aliphatic rings. The van der Waals surface area contributed by atoms with E-state index in [2.05, 4.69) is 5.32 Å². The van der Waals surface area contributed by atoms with Crippen LogP contribution in [0.4, 0.5) is 13.2 Å². The van der Waals surface area contributed by atoms with Gasteiger partial charge in [-0.25, -0.2) is 0 Å². The van der Waals surface area contributed by atoms with Gasteiger partial charge in [-0.2, -0.15) is 13.2 Å². The van der Waals surface area contributed by atoms with Gasteiger partial charge >= 0.3 is 6.18 Å². The molecule has 0 aliphatic heterocycles. The van der Waals surface area contributed by atoms with Crippen molar-refractivity contribution < 1.29 is 13.2 Å². The fraction of sp³-hybridized carbons (Fsp3) is 1.00. The second-order valence-corrected chi connectivity index (χ2v) is 3.85.